The fourth-order valence-electron chi connectivity index (χ4n) is 3.22. The van der Waals surface area contributed by atoms with Crippen LogP contribution in [0.25, 0.3) is 11.5 Å². The summed E-state index contributed by atoms with van der Waals surface area (Å²) >= 11 is 0. The van der Waals surface area contributed by atoms with Crippen molar-refractivity contribution in [3.8, 4) is 11.5 Å². The molecule has 1 aliphatic rings. The zero-order valence-electron chi connectivity index (χ0n) is 13.6. The summed E-state index contributed by atoms with van der Waals surface area (Å²) in [5.41, 5.74) is 0.619. The van der Waals surface area contributed by atoms with E-state index < -0.39 is 5.76 Å². The summed E-state index contributed by atoms with van der Waals surface area (Å²) in [6.45, 7) is 7.39. The van der Waals surface area contributed by atoms with Gasteiger partial charge in [0.15, 0.2) is 0 Å². The first kappa shape index (κ1) is 15.6. The van der Waals surface area contributed by atoms with Gasteiger partial charge in [0.25, 0.3) is 5.89 Å². The molecule has 0 aromatic carbocycles. The quantitative estimate of drug-likeness (QED) is 0.863. The van der Waals surface area contributed by atoms with E-state index in [4.69, 9.17) is 8.83 Å². The molecule has 0 unspecified atom stereocenters. The van der Waals surface area contributed by atoms with Gasteiger partial charge in [-0.25, -0.2) is 4.79 Å². The Kier molecular flexibility index (Phi) is 4.11. The van der Waals surface area contributed by atoms with Crippen LogP contribution in [0.1, 0.15) is 26.0 Å². The lowest BCUT2D eigenvalue weighted by Gasteiger charge is -2.34. The van der Waals surface area contributed by atoms with E-state index in [9.17, 15) is 9.59 Å². The molecule has 124 valence electrons. The highest BCUT2D eigenvalue weighted by Crippen LogP contribution is 2.22. The van der Waals surface area contributed by atoms with Gasteiger partial charge in [-0.3, -0.25) is 4.79 Å². The number of aryl methyl sites for hydroxylation is 1. The molecule has 23 heavy (non-hydrogen) atoms. The van der Waals surface area contributed by atoms with E-state index in [-0.39, 0.29) is 18.3 Å². The molecule has 7 nitrogen and oxygen atoms in total. The number of nitrogens with zero attached hydrogens (tertiary/aromatic N) is 3. The lowest BCUT2D eigenvalue weighted by atomic mass is 9.92. The Morgan fingerprint density at radius 1 is 1.35 bits per heavy atom. The molecule has 1 saturated heterocycles. The first-order valence-corrected chi connectivity index (χ1v) is 7.84. The minimum absolute atomic E-state index is 0.0985. The molecular formula is C16H21N3O4. The molecule has 2 aromatic heterocycles. The van der Waals surface area contributed by atoms with Crippen LogP contribution in [0.3, 0.4) is 0 Å². The fraction of sp³-hybridized carbons (Fsp3) is 0.562. The number of piperidine rings is 1. The van der Waals surface area contributed by atoms with E-state index in [1.807, 2.05) is 4.90 Å². The molecule has 1 fully saturated rings. The van der Waals surface area contributed by atoms with Gasteiger partial charge in [0, 0.05) is 13.1 Å². The fourth-order valence-corrected chi connectivity index (χ4v) is 3.22. The molecular weight excluding hydrogens is 298 g/mol. The van der Waals surface area contributed by atoms with Crippen molar-refractivity contribution in [1.82, 2.24) is 14.7 Å². The summed E-state index contributed by atoms with van der Waals surface area (Å²) in [5.74, 6) is 1.00. The molecule has 3 heterocycles. The average Bonchev–Trinajstić information content (AvgIpc) is 3.04. The number of carbonyl (C=O) groups excluding carboxylic acids is 1. The number of aromatic nitrogens is 2. The van der Waals surface area contributed by atoms with Crippen LogP contribution in [0, 0.1) is 18.8 Å². The van der Waals surface area contributed by atoms with Gasteiger partial charge in [-0.15, -0.1) is 5.10 Å². The summed E-state index contributed by atoms with van der Waals surface area (Å²) in [6.07, 6.45) is 2.63. The Hall–Kier alpha value is -2.31. The van der Waals surface area contributed by atoms with Crippen molar-refractivity contribution in [2.45, 2.75) is 33.7 Å². The zero-order chi connectivity index (χ0) is 16.6. The van der Waals surface area contributed by atoms with E-state index in [2.05, 4.69) is 18.9 Å². The lowest BCUT2D eigenvalue weighted by molar-refractivity contribution is -0.134. The predicted octanol–water partition coefficient (Wildman–Crippen LogP) is 1.91. The van der Waals surface area contributed by atoms with Crippen LogP contribution in [-0.4, -0.2) is 33.7 Å². The smallest absolute Gasteiger partial charge is 0.437 e. The number of likely N-dealkylation sites (tertiary alicyclic amines) is 1. The van der Waals surface area contributed by atoms with E-state index in [0.717, 1.165) is 24.2 Å². The predicted molar refractivity (Wildman–Crippen MR) is 82.7 cm³/mol. The Morgan fingerprint density at radius 3 is 2.65 bits per heavy atom. The summed E-state index contributed by atoms with van der Waals surface area (Å²) in [4.78, 5) is 26.2. The minimum Gasteiger partial charge on any atom is -0.469 e. The summed E-state index contributed by atoms with van der Waals surface area (Å²) in [7, 11) is 0. The third-order valence-corrected chi connectivity index (χ3v) is 4.20. The SMILES string of the molecule is Cc1occc1-c1nn(CC(=O)N2C[C@H](C)C[C@@H](C)C2)c(=O)o1. The van der Waals surface area contributed by atoms with Gasteiger partial charge < -0.3 is 13.7 Å². The molecule has 0 radical (unpaired) electrons. The normalized spacial score (nSPS) is 21.6. The second-order valence-corrected chi connectivity index (χ2v) is 6.47. The molecule has 2 atom stereocenters. The van der Waals surface area contributed by atoms with Crippen molar-refractivity contribution in [2.24, 2.45) is 11.8 Å². The van der Waals surface area contributed by atoms with Crippen molar-refractivity contribution in [3.63, 3.8) is 0 Å². The highest BCUT2D eigenvalue weighted by atomic mass is 16.4. The van der Waals surface area contributed by atoms with Crippen LogP contribution >= 0.6 is 0 Å². The van der Waals surface area contributed by atoms with Crippen LogP contribution in [0.15, 0.2) is 26.0 Å². The monoisotopic (exact) mass is 319 g/mol. The van der Waals surface area contributed by atoms with E-state index in [1.165, 1.54) is 6.26 Å². The van der Waals surface area contributed by atoms with Crippen molar-refractivity contribution in [3.05, 3.63) is 28.6 Å². The van der Waals surface area contributed by atoms with Gasteiger partial charge in [-0.2, -0.15) is 4.68 Å². The largest absolute Gasteiger partial charge is 0.469 e. The molecule has 3 rings (SSSR count). The number of hydrogen-bond acceptors (Lipinski definition) is 5. The Bertz CT molecular complexity index is 747. The summed E-state index contributed by atoms with van der Waals surface area (Å²) in [6, 6.07) is 1.68. The third kappa shape index (κ3) is 3.23. The van der Waals surface area contributed by atoms with Crippen molar-refractivity contribution in [1.29, 1.82) is 0 Å². The Labute approximate surface area is 133 Å². The second-order valence-electron chi connectivity index (χ2n) is 6.47. The molecule has 7 heteroatoms. The molecule has 1 aliphatic heterocycles. The number of carbonyl (C=O) groups is 1. The number of rotatable bonds is 3. The maximum absolute atomic E-state index is 12.4. The van der Waals surface area contributed by atoms with E-state index >= 15 is 0 Å². The van der Waals surface area contributed by atoms with Gasteiger partial charge in [-0.05, 0) is 31.2 Å². The molecule has 0 N–H and O–H groups in total. The van der Waals surface area contributed by atoms with E-state index in [1.54, 1.807) is 13.0 Å². The summed E-state index contributed by atoms with van der Waals surface area (Å²) < 4.78 is 11.4. The van der Waals surface area contributed by atoms with Gasteiger partial charge >= 0.3 is 5.76 Å². The number of amides is 1. The maximum atomic E-state index is 12.4. The number of furan rings is 1. The highest BCUT2D eigenvalue weighted by Gasteiger charge is 2.26. The van der Waals surface area contributed by atoms with Gasteiger partial charge in [0.05, 0.1) is 11.8 Å². The van der Waals surface area contributed by atoms with Gasteiger partial charge in [0.1, 0.15) is 12.3 Å². The topological polar surface area (TPSA) is 81.5 Å². The maximum Gasteiger partial charge on any atom is 0.437 e. The van der Waals surface area contributed by atoms with Crippen molar-refractivity contribution >= 4 is 5.91 Å². The lowest BCUT2D eigenvalue weighted by Crippen LogP contribution is -2.44. The Morgan fingerprint density at radius 2 is 2.04 bits per heavy atom. The molecule has 0 aliphatic carbocycles. The third-order valence-electron chi connectivity index (χ3n) is 4.20. The first-order chi connectivity index (χ1) is 10.9. The highest BCUT2D eigenvalue weighted by molar-refractivity contribution is 5.76. The first-order valence-electron chi connectivity index (χ1n) is 7.84. The van der Waals surface area contributed by atoms with E-state index in [0.29, 0.717) is 23.2 Å². The molecule has 0 saturated carbocycles. The van der Waals surface area contributed by atoms with Crippen molar-refractivity contribution in [2.75, 3.05) is 13.1 Å². The zero-order valence-corrected chi connectivity index (χ0v) is 13.6. The molecule has 0 spiro atoms. The second kappa shape index (κ2) is 6.06. The number of hydrogen-bond donors (Lipinski definition) is 0. The van der Waals surface area contributed by atoms with Gasteiger partial charge in [0.2, 0.25) is 5.91 Å². The van der Waals surface area contributed by atoms with Crippen LogP contribution in [0.2, 0.25) is 0 Å². The van der Waals surface area contributed by atoms with Crippen LogP contribution in [0.4, 0.5) is 0 Å². The minimum atomic E-state index is -0.632. The van der Waals surface area contributed by atoms with Crippen LogP contribution in [-0.2, 0) is 11.3 Å². The van der Waals surface area contributed by atoms with Crippen LogP contribution in [0.5, 0.6) is 0 Å². The Balaban J connectivity index is 1.76. The van der Waals surface area contributed by atoms with Crippen LogP contribution < -0.4 is 5.76 Å². The van der Waals surface area contributed by atoms with Gasteiger partial charge in [-0.1, -0.05) is 13.8 Å². The standard InChI is InChI=1S/C16H21N3O4/c1-10-6-11(2)8-18(7-10)14(20)9-19-16(21)23-15(17-19)13-4-5-22-12(13)3/h4-5,10-11H,6-9H2,1-3H3/t10-,11-/m1/s1. The molecule has 1 amide bonds. The van der Waals surface area contributed by atoms with Crippen molar-refractivity contribution < 1.29 is 13.6 Å². The summed E-state index contributed by atoms with van der Waals surface area (Å²) in [5, 5.41) is 4.12. The average molecular weight is 319 g/mol. The molecule has 2 aromatic rings. The molecule has 0 bridgehead atoms.